The molecule has 3 nitrogen and oxygen atoms in total. The molecule has 16 heavy (non-hydrogen) atoms. The number of hydrogen-bond donors (Lipinski definition) is 0. The van der Waals surface area contributed by atoms with Gasteiger partial charge in [0.2, 0.25) is 0 Å². The second-order valence-electron chi connectivity index (χ2n) is 4.41. The van der Waals surface area contributed by atoms with Crippen molar-refractivity contribution in [3.63, 3.8) is 0 Å². The Balaban J connectivity index is 1.96. The Hall–Kier alpha value is -0.930. The van der Waals surface area contributed by atoms with Crippen LogP contribution in [0.3, 0.4) is 0 Å². The third-order valence-corrected chi connectivity index (χ3v) is 3.16. The van der Waals surface area contributed by atoms with Crippen molar-refractivity contribution in [1.82, 2.24) is 9.88 Å². The molecule has 1 fully saturated rings. The molecule has 1 aromatic heterocycles. The van der Waals surface area contributed by atoms with Crippen LogP contribution in [-0.4, -0.2) is 35.7 Å². The lowest BCUT2D eigenvalue weighted by Gasteiger charge is -2.32. The molecule has 0 radical (unpaired) electrons. The maximum absolute atomic E-state index is 5.42. The lowest BCUT2D eigenvalue weighted by molar-refractivity contribution is -0.00490. The second kappa shape index (κ2) is 5.41. The first-order valence-corrected chi connectivity index (χ1v) is 6.05. The van der Waals surface area contributed by atoms with Crippen molar-refractivity contribution < 1.29 is 4.74 Å². The van der Waals surface area contributed by atoms with Crippen molar-refractivity contribution in [2.75, 3.05) is 19.8 Å². The summed E-state index contributed by atoms with van der Waals surface area (Å²) in [5, 5.41) is 0. The van der Waals surface area contributed by atoms with E-state index in [1.54, 1.807) is 0 Å². The Morgan fingerprint density at radius 2 is 2.38 bits per heavy atom. The topological polar surface area (TPSA) is 25.4 Å². The highest BCUT2D eigenvalue weighted by Crippen LogP contribution is 2.11. The number of hydrogen-bond acceptors (Lipinski definition) is 3. The van der Waals surface area contributed by atoms with Gasteiger partial charge in [0.1, 0.15) is 0 Å². The van der Waals surface area contributed by atoms with Crippen LogP contribution in [0.5, 0.6) is 0 Å². The maximum atomic E-state index is 5.42. The fourth-order valence-corrected chi connectivity index (χ4v) is 1.96. The molecule has 1 aromatic rings. The Labute approximate surface area is 97.4 Å². The second-order valence-corrected chi connectivity index (χ2v) is 4.41. The van der Waals surface area contributed by atoms with Gasteiger partial charge in [0.15, 0.2) is 0 Å². The quantitative estimate of drug-likeness (QED) is 0.777. The predicted octanol–water partition coefficient (Wildman–Crippen LogP) is 1.86. The fraction of sp³-hybridized carbons (Fsp3) is 0.615. The van der Waals surface area contributed by atoms with Gasteiger partial charge >= 0.3 is 0 Å². The average Bonchev–Trinajstić information content (AvgIpc) is 2.33. The molecule has 0 aromatic carbocycles. The molecule has 0 unspecified atom stereocenters. The molecular weight excluding hydrogens is 200 g/mol. The minimum Gasteiger partial charge on any atom is -0.379 e. The van der Waals surface area contributed by atoms with Crippen molar-refractivity contribution in [3.05, 3.63) is 29.6 Å². The van der Waals surface area contributed by atoms with Gasteiger partial charge in [-0.25, -0.2) is 0 Å². The van der Waals surface area contributed by atoms with Gasteiger partial charge in [-0.1, -0.05) is 13.0 Å². The summed E-state index contributed by atoms with van der Waals surface area (Å²) in [7, 11) is 0. The highest BCUT2D eigenvalue weighted by atomic mass is 16.5. The van der Waals surface area contributed by atoms with Gasteiger partial charge in [0, 0.05) is 25.3 Å². The van der Waals surface area contributed by atoms with Gasteiger partial charge in [0.05, 0.1) is 18.9 Å². The zero-order valence-electron chi connectivity index (χ0n) is 10.1. The number of rotatable bonds is 3. The van der Waals surface area contributed by atoms with Crippen molar-refractivity contribution in [2.24, 2.45) is 0 Å². The maximum Gasteiger partial charge on any atom is 0.0619 e. The van der Waals surface area contributed by atoms with E-state index in [4.69, 9.17) is 4.74 Å². The van der Waals surface area contributed by atoms with Gasteiger partial charge in [-0.05, 0) is 25.0 Å². The molecular formula is C13H20N2O. The third-order valence-electron chi connectivity index (χ3n) is 3.16. The average molecular weight is 220 g/mol. The van der Waals surface area contributed by atoms with Crippen molar-refractivity contribution in [1.29, 1.82) is 0 Å². The van der Waals surface area contributed by atoms with Gasteiger partial charge in [-0.2, -0.15) is 0 Å². The molecule has 88 valence electrons. The Morgan fingerprint density at radius 3 is 3.00 bits per heavy atom. The molecule has 1 aliphatic heterocycles. The van der Waals surface area contributed by atoms with Crippen LogP contribution in [0.4, 0.5) is 0 Å². The van der Waals surface area contributed by atoms with E-state index in [-0.39, 0.29) is 0 Å². The number of aryl methyl sites for hydroxylation is 1. The highest BCUT2D eigenvalue weighted by molar-refractivity contribution is 5.13. The van der Waals surface area contributed by atoms with E-state index < -0.39 is 0 Å². The first-order chi connectivity index (χ1) is 7.79. The lowest BCUT2D eigenvalue weighted by atomic mass is 10.2. The minimum absolute atomic E-state index is 0.501. The normalized spacial score (nSPS) is 22.2. The molecule has 3 heteroatoms. The van der Waals surface area contributed by atoms with Crippen LogP contribution in [-0.2, 0) is 17.7 Å². The van der Waals surface area contributed by atoms with Gasteiger partial charge < -0.3 is 4.74 Å². The van der Waals surface area contributed by atoms with Gasteiger partial charge in [0.25, 0.3) is 0 Å². The largest absolute Gasteiger partial charge is 0.379 e. The van der Waals surface area contributed by atoms with Crippen LogP contribution >= 0.6 is 0 Å². The standard InChI is InChI=1S/C13H20N2O/c1-3-12-4-5-13(14-8-12)9-15-6-7-16-10-11(15)2/h4-5,8,11H,3,6-7,9-10H2,1-2H3/t11-/m0/s1. The number of ether oxygens (including phenoxy) is 1. The number of aromatic nitrogens is 1. The monoisotopic (exact) mass is 220 g/mol. The summed E-state index contributed by atoms with van der Waals surface area (Å²) in [5.41, 5.74) is 2.46. The zero-order chi connectivity index (χ0) is 11.4. The molecule has 2 rings (SSSR count). The zero-order valence-corrected chi connectivity index (χ0v) is 10.1. The molecule has 1 aliphatic rings. The van der Waals surface area contributed by atoms with Gasteiger partial charge in [-0.3, -0.25) is 9.88 Å². The van der Waals surface area contributed by atoms with Crippen LogP contribution < -0.4 is 0 Å². The molecule has 0 N–H and O–H groups in total. The van der Waals surface area contributed by atoms with E-state index in [1.807, 2.05) is 6.20 Å². The van der Waals surface area contributed by atoms with Crippen molar-refractivity contribution in [3.8, 4) is 0 Å². The summed E-state index contributed by atoms with van der Waals surface area (Å²) in [6.45, 7) is 8.00. The lowest BCUT2D eigenvalue weighted by Crippen LogP contribution is -2.43. The first kappa shape index (κ1) is 11.6. The molecule has 1 saturated heterocycles. The Bertz CT molecular complexity index is 323. The number of nitrogens with zero attached hydrogens (tertiary/aromatic N) is 2. The van der Waals surface area contributed by atoms with E-state index in [1.165, 1.54) is 5.56 Å². The number of pyridine rings is 1. The predicted molar refractivity (Wildman–Crippen MR) is 64.3 cm³/mol. The summed E-state index contributed by atoms with van der Waals surface area (Å²) in [4.78, 5) is 6.92. The molecule has 0 amide bonds. The fourth-order valence-electron chi connectivity index (χ4n) is 1.96. The van der Waals surface area contributed by atoms with Crippen LogP contribution in [0.1, 0.15) is 25.1 Å². The van der Waals surface area contributed by atoms with E-state index in [9.17, 15) is 0 Å². The van der Waals surface area contributed by atoms with Crippen LogP contribution in [0, 0.1) is 0 Å². The van der Waals surface area contributed by atoms with Gasteiger partial charge in [-0.15, -0.1) is 0 Å². The van der Waals surface area contributed by atoms with E-state index >= 15 is 0 Å². The van der Waals surface area contributed by atoms with E-state index in [2.05, 4.69) is 35.9 Å². The molecule has 0 saturated carbocycles. The van der Waals surface area contributed by atoms with Crippen molar-refractivity contribution >= 4 is 0 Å². The van der Waals surface area contributed by atoms with Crippen LogP contribution in [0.2, 0.25) is 0 Å². The summed E-state index contributed by atoms with van der Waals surface area (Å²) in [6, 6.07) is 4.82. The molecule has 2 heterocycles. The van der Waals surface area contributed by atoms with E-state index in [0.29, 0.717) is 6.04 Å². The Morgan fingerprint density at radius 1 is 1.50 bits per heavy atom. The summed E-state index contributed by atoms with van der Waals surface area (Å²) in [5.74, 6) is 0. The van der Waals surface area contributed by atoms with Crippen LogP contribution in [0.15, 0.2) is 18.3 Å². The summed E-state index contributed by atoms with van der Waals surface area (Å²) >= 11 is 0. The first-order valence-electron chi connectivity index (χ1n) is 6.05. The molecule has 0 bridgehead atoms. The van der Waals surface area contributed by atoms with Crippen LogP contribution in [0.25, 0.3) is 0 Å². The highest BCUT2D eigenvalue weighted by Gasteiger charge is 2.18. The van der Waals surface area contributed by atoms with Crippen molar-refractivity contribution in [2.45, 2.75) is 32.9 Å². The Kier molecular flexibility index (Phi) is 3.91. The minimum atomic E-state index is 0.501. The summed E-state index contributed by atoms with van der Waals surface area (Å²) < 4.78 is 5.42. The third kappa shape index (κ3) is 2.80. The molecule has 1 atom stereocenters. The smallest absolute Gasteiger partial charge is 0.0619 e. The van der Waals surface area contributed by atoms with E-state index in [0.717, 1.165) is 38.4 Å². The molecule has 0 aliphatic carbocycles. The number of morpholine rings is 1. The molecule has 0 spiro atoms. The summed E-state index contributed by atoms with van der Waals surface area (Å²) in [6.07, 6.45) is 3.04. The SMILES string of the molecule is CCc1ccc(CN2CCOC[C@@H]2C)nc1.